The number of halogens is 1. The zero-order chi connectivity index (χ0) is 15.5. The Morgan fingerprint density at radius 3 is 2.68 bits per heavy atom. The second-order valence-electron chi connectivity index (χ2n) is 4.62. The minimum atomic E-state index is -0.479. The zero-order valence-electron chi connectivity index (χ0n) is 11.7. The average Bonchev–Trinajstić information content (AvgIpc) is 2.91. The van der Waals surface area contributed by atoms with Crippen molar-refractivity contribution in [3.05, 3.63) is 70.4 Å². The van der Waals surface area contributed by atoms with E-state index in [0.29, 0.717) is 16.3 Å². The van der Waals surface area contributed by atoms with Gasteiger partial charge in [0.2, 0.25) is 5.90 Å². The summed E-state index contributed by atoms with van der Waals surface area (Å²) >= 11 is 5.84. The summed E-state index contributed by atoms with van der Waals surface area (Å²) in [5.74, 6) is 0.461. The van der Waals surface area contributed by atoms with Gasteiger partial charge in [-0.05, 0) is 42.0 Å². The Bertz CT molecular complexity index is 779. The largest absolute Gasteiger partial charge is 0.497 e. The monoisotopic (exact) mass is 313 g/mol. The molecule has 5 heteroatoms. The molecule has 0 bridgehead atoms. The minimum absolute atomic E-state index is 0.250. The van der Waals surface area contributed by atoms with Gasteiger partial charge in [-0.1, -0.05) is 29.8 Å². The van der Waals surface area contributed by atoms with Gasteiger partial charge in [-0.3, -0.25) is 0 Å². The summed E-state index contributed by atoms with van der Waals surface area (Å²) in [6, 6.07) is 14.3. The lowest BCUT2D eigenvalue weighted by Crippen LogP contribution is -2.05. The molecule has 0 aliphatic carbocycles. The summed E-state index contributed by atoms with van der Waals surface area (Å²) in [4.78, 5) is 16.2. The van der Waals surface area contributed by atoms with Crippen LogP contribution in [0.25, 0.3) is 6.08 Å². The maximum Gasteiger partial charge on any atom is 0.363 e. The molecule has 1 aliphatic heterocycles. The molecule has 22 heavy (non-hydrogen) atoms. The van der Waals surface area contributed by atoms with Crippen molar-refractivity contribution >= 4 is 29.5 Å². The molecule has 0 fully saturated rings. The molecule has 0 aromatic heterocycles. The van der Waals surface area contributed by atoms with Crippen molar-refractivity contribution in [3.63, 3.8) is 0 Å². The van der Waals surface area contributed by atoms with E-state index < -0.39 is 5.97 Å². The predicted octanol–water partition coefficient (Wildman–Crippen LogP) is 3.69. The molecule has 110 valence electrons. The van der Waals surface area contributed by atoms with E-state index in [4.69, 9.17) is 21.1 Å². The molecule has 0 N–H and O–H groups in total. The van der Waals surface area contributed by atoms with Gasteiger partial charge in [0.25, 0.3) is 0 Å². The molecular weight excluding hydrogens is 302 g/mol. The highest BCUT2D eigenvalue weighted by molar-refractivity contribution is 6.30. The first-order chi connectivity index (χ1) is 10.7. The van der Waals surface area contributed by atoms with Crippen molar-refractivity contribution in [2.75, 3.05) is 7.11 Å². The van der Waals surface area contributed by atoms with Crippen LogP contribution in [-0.2, 0) is 9.53 Å². The van der Waals surface area contributed by atoms with Crippen molar-refractivity contribution in [1.29, 1.82) is 0 Å². The predicted molar refractivity (Wildman–Crippen MR) is 85.1 cm³/mol. The smallest absolute Gasteiger partial charge is 0.363 e. The van der Waals surface area contributed by atoms with E-state index in [1.165, 1.54) is 0 Å². The Morgan fingerprint density at radius 1 is 1.18 bits per heavy atom. The molecule has 0 saturated carbocycles. The van der Waals surface area contributed by atoms with Gasteiger partial charge in [-0.25, -0.2) is 9.79 Å². The lowest BCUT2D eigenvalue weighted by atomic mass is 10.2. The first-order valence-electron chi connectivity index (χ1n) is 6.58. The first kappa shape index (κ1) is 14.4. The SMILES string of the molecule is COc1cccc(C2=NC(=Cc3ccc(Cl)cc3)C(=O)O2)c1. The fourth-order valence-corrected chi connectivity index (χ4v) is 2.13. The highest BCUT2D eigenvalue weighted by Crippen LogP contribution is 2.22. The number of carbonyl (C=O) groups excluding carboxylic acids is 1. The highest BCUT2D eigenvalue weighted by atomic mass is 35.5. The maximum atomic E-state index is 11.9. The minimum Gasteiger partial charge on any atom is -0.497 e. The van der Waals surface area contributed by atoms with Crippen molar-refractivity contribution in [1.82, 2.24) is 0 Å². The van der Waals surface area contributed by atoms with Crippen LogP contribution in [0.3, 0.4) is 0 Å². The number of aliphatic imine (C=N–C) groups is 1. The van der Waals surface area contributed by atoms with E-state index in [1.807, 2.05) is 24.3 Å². The second-order valence-corrected chi connectivity index (χ2v) is 5.06. The van der Waals surface area contributed by atoms with Gasteiger partial charge in [0.1, 0.15) is 5.75 Å². The van der Waals surface area contributed by atoms with E-state index in [2.05, 4.69) is 4.99 Å². The van der Waals surface area contributed by atoms with Crippen LogP contribution >= 0.6 is 11.6 Å². The lowest BCUT2D eigenvalue weighted by molar-refractivity contribution is -0.129. The molecule has 0 atom stereocenters. The number of benzene rings is 2. The van der Waals surface area contributed by atoms with Crippen molar-refractivity contribution in [3.8, 4) is 5.75 Å². The van der Waals surface area contributed by atoms with Gasteiger partial charge in [0, 0.05) is 10.6 Å². The average molecular weight is 314 g/mol. The normalized spacial score (nSPS) is 15.6. The van der Waals surface area contributed by atoms with Crippen LogP contribution in [-0.4, -0.2) is 19.0 Å². The van der Waals surface area contributed by atoms with Gasteiger partial charge >= 0.3 is 5.97 Å². The topological polar surface area (TPSA) is 47.9 Å². The summed E-state index contributed by atoms with van der Waals surface area (Å²) in [7, 11) is 1.58. The van der Waals surface area contributed by atoms with Gasteiger partial charge in [-0.15, -0.1) is 0 Å². The van der Waals surface area contributed by atoms with E-state index in [1.54, 1.807) is 37.5 Å². The molecule has 2 aromatic carbocycles. The summed E-state index contributed by atoms with van der Waals surface area (Å²) in [5, 5.41) is 0.636. The Kier molecular flexibility index (Phi) is 3.94. The number of rotatable bonds is 3. The molecule has 1 heterocycles. The molecule has 0 unspecified atom stereocenters. The maximum absolute atomic E-state index is 11.9. The van der Waals surface area contributed by atoms with E-state index in [0.717, 1.165) is 5.56 Å². The third kappa shape index (κ3) is 3.02. The molecule has 2 aromatic rings. The van der Waals surface area contributed by atoms with Crippen LogP contribution in [0.1, 0.15) is 11.1 Å². The molecule has 1 aliphatic rings. The molecule has 0 spiro atoms. The number of hydrogen-bond donors (Lipinski definition) is 0. The van der Waals surface area contributed by atoms with E-state index >= 15 is 0 Å². The van der Waals surface area contributed by atoms with Crippen LogP contribution < -0.4 is 4.74 Å². The van der Waals surface area contributed by atoms with Crippen LogP contribution in [0.15, 0.2) is 59.2 Å². The standard InChI is InChI=1S/C17H12ClNO3/c1-21-14-4-2-3-12(10-14)16-19-15(17(20)22-16)9-11-5-7-13(18)8-6-11/h2-10H,1H3. The summed E-state index contributed by atoms with van der Waals surface area (Å²) in [6.07, 6.45) is 1.66. The van der Waals surface area contributed by atoms with Gasteiger partial charge in [-0.2, -0.15) is 0 Å². The van der Waals surface area contributed by atoms with E-state index in [9.17, 15) is 4.79 Å². The second kappa shape index (κ2) is 6.03. The summed E-state index contributed by atoms with van der Waals surface area (Å²) < 4.78 is 10.4. The summed E-state index contributed by atoms with van der Waals surface area (Å²) in [5.41, 5.74) is 1.76. The fraction of sp³-hybridized carbons (Fsp3) is 0.0588. The number of esters is 1. The van der Waals surface area contributed by atoms with Gasteiger partial charge < -0.3 is 9.47 Å². The molecule has 0 saturated heterocycles. The number of cyclic esters (lactones) is 1. The van der Waals surface area contributed by atoms with Crippen molar-refractivity contribution < 1.29 is 14.3 Å². The third-order valence-corrected chi connectivity index (χ3v) is 3.36. The van der Waals surface area contributed by atoms with Crippen LogP contribution in [0.2, 0.25) is 5.02 Å². The Hall–Kier alpha value is -2.59. The number of carbonyl (C=O) groups is 1. The zero-order valence-corrected chi connectivity index (χ0v) is 12.5. The van der Waals surface area contributed by atoms with Crippen LogP contribution in [0, 0.1) is 0 Å². The first-order valence-corrected chi connectivity index (χ1v) is 6.96. The molecule has 3 rings (SSSR count). The summed E-state index contributed by atoms with van der Waals surface area (Å²) in [6.45, 7) is 0. The Labute approximate surface area is 132 Å². The Balaban J connectivity index is 1.92. The third-order valence-electron chi connectivity index (χ3n) is 3.11. The highest BCUT2D eigenvalue weighted by Gasteiger charge is 2.24. The lowest BCUT2D eigenvalue weighted by Gasteiger charge is -2.02. The van der Waals surface area contributed by atoms with Crippen LogP contribution in [0.5, 0.6) is 5.75 Å². The molecule has 0 radical (unpaired) electrons. The molecule has 4 nitrogen and oxygen atoms in total. The molecule has 0 amide bonds. The quantitative estimate of drug-likeness (QED) is 0.641. The number of nitrogens with zero attached hydrogens (tertiary/aromatic N) is 1. The van der Waals surface area contributed by atoms with Crippen molar-refractivity contribution in [2.24, 2.45) is 4.99 Å². The fourth-order valence-electron chi connectivity index (χ4n) is 2.01. The number of ether oxygens (including phenoxy) is 2. The number of methoxy groups -OCH3 is 1. The van der Waals surface area contributed by atoms with Crippen molar-refractivity contribution in [2.45, 2.75) is 0 Å². The number of hydrogen-bond acceptors (Lipinski definition) is 4. The molecular formula is C17H12ClNO3. The van der Waals surface area contributed by atoms with Gasteiger partial charge in [0.05, 0.1) is 7.11 Å². The Morgan fingerprint density at radius 2 is 1.95 bits per heavy atom. The van der Waals surface area contributed by atoms with Crippen LogP contribution in [0.4, 0.5) is 0 Å². The van der Waals surface area contributed by atoms with Gasteiger partial charge in [0.15, 0.2) is 5.70 Å². The van der Waals surface area contributed by atoms with E-state index in [-0.39, 0.29) is 11.6 Å².